The summed E-state index contributed by atoms with van der Waals surface area (Å²) in [6.45, 7) is 3.09. The van der Waals surface area contributed by atoms with Gasteiger partial charge in [-0.1, -0.05) is 30.3 Å². The van der Waals surface area contributed by atoms with Crippen LogP contribution in [0.25, 0.3) is 0 Å². The molecule has 0 spiro atoms. The molecule has 1 aliphatic heterocycles. The van der Waals surface area contributed by atoms with Crippen LogP contribution in [0, 0.1) is 6.92 Å². The Morgan fingerprint density at radius 1 is 1.29 bits per heavy atom. The lowest BCUT2D eigenvalue weighted by atomic mass is 10.0. The zero-order chi connectivity index (χ0) is 14.7. The normalized spacial score (nSPS) is 19.7. The Bertz CT molecular complexity index is 585. The van der Waals surface area contributed by atoms with Crippen LogP contribution < -0.4 is 4.90 Å². The fourth-order valence-corrected chi connectivity index (χ4v) is 3.20. The molecule has 0 bridgehead atoms. The van der Waals surface area contributed by atoms with E-state index in [9.17, 15) is 5.11 Å². The maximum absolute atomic E-state index is 10.5. The van der Waals surface area contributed by atoms with Crippen LogP contribution in [0.4, 0.5) is 5.69 Å². The summed E-state index contributed by atoms with van der Waals surface area (Å²) in [5.41, 5.74) is 3.28. The number of anilines is 1. The Balaban J connectivity index is 1.73. The minimum atomic E-state index is -0.389. The predicted octanol–water partition coefficient (Wildman–Crippen LogP) is 3.48. The van der Waals surface area contributed by atoms with Crippen LogP contribution in [0.5, 0.6) is 0 Å². The number of aryl methyl sites for hydroxylation is 1. The molecule has 1 aromatic carbocycles. The minimum Gasteiger partial charge on any atom is -0.388 e. The molecule has 1 aliphatic rings. The van der Waals surface area contributed by atoms with Gasteiger partial charge in [-0.25, -0.2) is 0 Å². The lowest BCUT2D eigenvalue weighted by molar-refractivity contribution is 0.158. The van der Waals surface area contributed by atoms with E-state index in [1.54, 1.807) is 0 Å². The van der Waals surface area contributed by atoms with Crippen molar-refractivity contribution in [2.45, 2.75) is 38.3 Å². The van der Waals surface area contributed by atoms with Gasteiger partial charge >= 0.3 is 0 Å². The largest absolute Gasteiger partial charge is 0.388 e. The number of nitrogens with zero attached hydrogens (tertiary/aromatic N) is 2. The maximum Gasteiger partial charge on any atom is 0.0809 e. The zero-order valence-corrected chi connectivity index (χ0v) is 12.4. The highest BCUT2D eigenvalue weighted by Gasteiger charge is 2.27. The first-order chi connectivity index (χ1) is 10.2. The van der Waals surface area contributed by atoms with Crippen LogP contribution in [0.1, 0.15) is 36.6 Å². The van der Waals surface area contributed by atoms with Crippen LogP contribution >= 0.6 is 0 Å². The molecule has 2 atom stereocenters. The molecule has 3 heteroatoms. The number of rotatable bonds is 4. The third kappa shape index (κ3) is 3.24. The van der Waals surface area contributed by atoms with Crippen LogP contribution in [0.3, 0.4) is 0 Å². The van der Waals surface area contributed by atoms with E-state index in [0.29, 0.717) is 6.04 Å². The van der Waals surface area contributed by atoms with Gasteiger partial charge in [-0.3, -0.25) is 4.98 Å². The fraction of sp³-hybridized carbons (Fsp3) is 0.389. The summed E-state index contributed by atoms with van der Waals surface area (Å²) in [7, 11) is 0. The van der Waals surface area contributed by atoms with E-state index in [2.05, 4.69) is 22.0 Å². The molecule has 21 heavy (non-hydrogen) atoms. The highest BCUT2D eigenvalue weighted by Crippen LogP contribution is 2.31. The fourth-order valence-electron chi connectivity index (χ4n) is 3.20. The van der Waals surface area contributed by atoms with Crippen molar-refractivity contribution < 1.29 is 5.11 Å². The predicted molar refractivity (Wildman–Crippen MR) is 85.4 cm³/mol. The van der Waals surface area contributed by atoms with Crippen LogP contribution in [-0.2, 0) is 0 Å². The van der Waals surface area contributed by atoms with Crippen molar-refractivity contribution in [3.8, 4) is 0 Å². The van der Waals surface area contributed by atoms with Gasteiger partial charge < -0.3 is 10.0 Å². The second-order valence-electron chi connectivity index (χ2n) is 5.81. The zero-order valence-electron chi connectivity index (χ0n) is 12.4. The van der Waals surface area contributed by atoms with E-state index in [1.807, 2.05) is 43.5 Å². The average Bonchev–Trinajstić information content (AvgIpc) is 2.96. The third-order valence-corrected chi connectivity index (χ3v) is 4.27. The van der Waals surface area contributed by atoms with Gasteiger partial charge in [-0.15, -0.1) is 0 Å². The highest BCUT2D eigenvalue weighted by molar-refractivity contribution is 5.48. The Labute approximate surface area is 126 Å². The van der Waals surface area contributed by atoms with Gasteiger partial charge in [0.1, 0.15) is 0 Å². The van der Waals surface area contributed by atoms with Crippen molar-refractivity contribution in [2.24, 2.45) is 0 Å². The van der Waals surface area contributed by atoms with Crippen molar-refractivity contribution in [1.29, 1.82) is 0 Å². The topological polar surface area (TPSA) is 36.4 Å². The number of benzene rings is 1. The second kappa shape index (κ2) is 6.27. The summed E-state index contributed by atoms with van der Waals surface area (Å²) in [4.78, 5) is 6.69. The smallest absolute Gasteiger partial charge is 0.0809 e. The Morgan fingerprint density at radius 3 is 2.86 bits per heavy atom. The van der Waals surface area contributed by atoms with Crippen LogP contribution in [0.15, 0.2) is 48.7 Å². The Morgan fingerprint density at radius 2 is 2.10 bits per heavy atom. The van der Waals surface area contributed by atoms with Gasteiger partial charge in [0.15, 0.2) is 0 Å². The average molecular weight is 282 g/mol. The summed E-state index contributed by atoms with van der Waals surface area (Å²) in [5.74, 6) is 0. The molecule has 2 heterocycles. The van der Waals surface area contributed by atoms with Crippen LogP contribution in [0.2, 0.25) is 0 Å². The first-order valence-electron chi connectivity index (χ1n) is 7.66. The maximum atomic E-state index is 10.5. The molecule has 0 saturated carbocycles. The number of hydrogen-bond donors (Lipinski definition) is 1. The van der Waals surface area contributed by atoms with E-state index in [-0.39, 0.29) is 6.10 Å². The van der Waals surface area contributed by atoms with E-state index in [0.717, 1.165) is 30.6 Å². The molecule has 1 N–H and O–H groups in total. The van der Waals surface area contributed by atoms with Gasteiger partial charge in [0.25, 0.3) is 0 Å². The van der Waals surface area contributed by atoms with E-state index in [4.69, 9.17) is 0 Å². The minimum absolute atomic E-state index is 0.389. The lowest BCUT2D eigenvalue weighted by Gasteiger charge is -2.28. The summed E-state index contributed by atoms with van der Waals surface area (Å²) >= 11 is 0. The summed E-state index contributed by atoms with van der Waals surface area (Å²) in [6.07, 6.45) is 4.59. The lowest BCUT2D eigenvalue weighted by Crippen LogP contribution is -2.30. The van der Waals surface area contributed by atoms with Gasteiger partial charge in [0.05, 0.1) is 6.10 Å². The molecular formula is C18H22N2O. The van der Waals surface area contributed by atoms with Crippen molar-refractivity contribution in [3.63, 3.8) is 0 Å². The molecular weight excluding hydrogens is 260 g/mol. The number of aliphatic hydroxyl groups excluding tert-OH is 1. The molecule has 2 unspecified atom stereocenters. The van der Waals surface area contributed by atoms with Crippen molar-refractivity contribution in [1.82, 2.24) is 4.98 Å². The molecule has 110 valence electrons. The molecule has 1 saturated heterocycles. The number of pyridine rings is 1. The van der Waals surface area contributed by atoms with Gasteiger partial charge in [-0.2, -0.15) is 0 Å². The SMILES string of the molecule is Cc1cc(N2CCCC2CC(O)c2ccccc2)ccn1. The molecule has 0 aliphatic carbocycles. The number of hydrogen-bond acceptors (Lipinski definition) is 3. The molecule has 1 fully saturated rings. The first kappa shape index (κ1) is 14.1. The van der Waals surface area contributed by atoms with E-state index >= 15 is 0 Å². The molecule has 0 radical (unpaired) electrons. The van der Waals surface area contributed by atoms with Crippen molar-refractivity contribution in [2.75, 3.05) is 11.4 Å². The van der Waals surface area contributed by atoms with Gasteiger partial charge in [0.2, 0.25) is 0 Å². The third-order valence-electron chi connectivity index (χ3n) is 4.27. The summed E-state index contributed by atoms with van der Waals surface area (Å²) < 4.78 is 0. The van der Waals surface area contributed by atoms with Gasteiger partial charge in [-0.05, 0) is 43.9 Å². The van der Waals surface area contributed by atoms with Gasteiger partial charge in [0, 0.05) is 30.2 Å². The molecule has 3 rings (SSSR count). The quantitative estimate of drug-likeness (QED) is 0.932. The standard InChI is InChI=1S/C18H22N2O/c1-14-12-17(9-10-19-14)20-11-5-8-16(20)13-18(21)15-6-3-2-4-7-15/h2-4,6-7,9-10,12,16,18,21H,5,8,11,13H2,1H3. The first-order valence-corrected chi connectivity index (χ1v) is 7.66. The number of aromatic nitrogens is 1. The summed E-state index contributed by atoms with van der Waals surface area (Å²) in [5, 5.41) is 10.5. The molecule has 2 aromatic rings. The van der Waals surface area contributed by atoms with Crippen molar-refractivity contribution in [3.05, 3.63) is 59.9 Å². The summed E-state index contributed by atoms with van der Waals surface area (Å²) in [6, 6.07) is 14.6. The second-order valence-corrected chi connectivity index (χ2v) is 5.81. The van der Waals surface area contributed by atoms with Crippen LogP contribution in [-0.4, -0.2) is 22.7 Å². The highest BCUT2D eigenvalue weighted by atomic mass is 16.3. The monoisotopic (exact) mass is 282 g/mol. The number of aliphatic hydroxyl groups is 1. The van der Waals surface area contributed by atoms with E-state index in [1.165, 1.54) is 12.1 Å². The molecule has 1 aromatic heterocycles. The Hall–Kier alpha value is -1.87. The van der Waals surface area contributed by atoms with Crippen molar-refractivity contribution >= 4 is 5.69 Å². The molecule has 3 nitrogen and oxygen atoms in total. The Kier molecular flexibility index (Phi) is 4.20. The van der Waals surface area contributed by atoms with E-state index < -0.39 is 0 Å². The molecule has 0 amide bonds.